The van der Waals surface area contributed by atoms with Crippen molar-refractivity contribution >= 4 is 23.2 Å². The fraction of sp³-hybridized carbons (Fsp3) is 0.421. The highest BCUT2D eigenvalue weighted by Crippen LogP contribution is 2.30. The zero-order valence-corrected chi connectivity index (χ0v) is 15.4. The Morgan fingerprint density at radius 3 is 2.58 bits per heavy atom. The molecule has 0 saturated heterocycles. The first-order valence-electron chi connectivity index (χ1n) is 8.65. The fourth-order valence-corrected chi connectivity index (χ4v) is 4.06. The summed E-state index contributed by atoms with van der Waals surface area (Å²) in [6.45, 7) is 1.47. The minimum absolute atomic E-state index is 0.0534. The predicted molar refractivity (Wildman–Crippen MR) is 96.9 cm³/mol. The van der Waals surface area contributed by atoms with Gasteiger partial charge in [0.15, 0.2) is 0 Å². The van der Waals surface area contributed by atoms with E-state index in [1.54, 1.807) is 12.1 Å². The average Bonchev–Trinajstić information content (AvgIpc) is 3.09. The molecule has 1 saturated carbocycles. The quantitative estimate of drug-likeness (QED) is 0.805. The first-order chi connectivity index (χ1) is 12.5. The number of hydrogen-bond donors (Lipinski definition) is 1. The largest absolute Gasteiger partial charge is 0.457 e. The number of nitrogens with zero attached hydrogens (tertiary/aromatic N) is 1. The van der Waals surface area contributed by atoms with Crippen molar-refractivity contribution in [1.82, 2.24) is 10.3 Å². The summed E-state index contributed by atoms with van der Waals surface area (Å²) in [6, 6.07) is 6.10. The van der Waals surface area contributed by atoms with Crippen LogP contribution in [0.15, 0.2) is 29.6 Å². The van der Waals surface area contributed by atoms with Crippen LogP contribution >= 0.6 is 11.3 Å². The van der Waals surface area contributed by atoms with E-state index in [9.17, 15) is 14.0 Å². The lowest BCUT2D eigenvalue weighted by Crippen LogP contribution is -2.55. The molecule has 138 valence electrons. The Morgan fingerprint density at radius 1 is 1.23 bits per heavy atom. The van der Waals surface area contributed by atoms with Gasteiger partial charge in [0, 0.05) is 17.9 Å². The van der Waals surface area contributed by atoms with Crippen LogP contribution in [0.4, 0.5) is 4.39 Å². The molecule has 1 fully saturated rings. The molecule has 1 amide bonds. The zero-order valence-electron chi connectivity index (χ0n) is 14.6. The molecule has 1 N–H and O–H groups in total. The molecule has 3 rings (SSSR count). The lowest BCUT2D eigenvalue weighted by molar-refractivity contribution is -0.156. The van der Waals surface area contributed by atoms with Gasteiger partial charge in [-0.2, -0.15) is 0 Å². The highest BCUT2D eigenvalue weighted by molar-refractivity contribution is 7.13. The molecule has 5 nitrogen and oxygen atoms in total. The van der Waals surface area contributed by atoms with Crippen molar-refractivity contribution in [2.75, 3.05) is 0 Å². The number of nitrogens with one attached hydrogen (secondary N) is 1. The fourth-order valence-electron chi connectivity index (χ4n) is 3.25. The summed E-state index contributed by atoms with van der Waals surface area (Å²) in [6.07, 6.45) is 4.04. The highest BCUT2D eigenvalue weighted by atomic mass is 32.1. The van der Waals surface area contributed by atoms with E-state index in [2.05, 4.69) is 10.3 Å². The van der Waals surface area contributed by atoms with Gasteiger partial charge in [0.25, 0.3) is 0 Å². The molecule has 1 aromatic heterocycles. The number of thiazole rings is 1. The molecule has 0 radical (unpaired) electrons. The van der Waals surface area contributed by atoms with Crippen molar-refractivity contribution in [2.24, 2.45) is 0 Å². The van der Waals surface area contributed by atoms with Gasteiger partial charge in [0.2, 0.25) is 5.91 Å². The molecular formula is C19H21FN2O3S. The maximum Gasteiger partial charge on any atom is 0.332 e. The number of benzene rings is 1. The Morgan fingerprint density at radius 2 is 1.92 bits per heavy atom. The standard InChI is InChI=1S/C19H21FN2O3S/c1-13(23)22-19(9-3-2-4-10-19)18(24)25-11-16-12-26-17(21-16)14-5-7-15(20)8-6-14/h5-8,12H,2-4,9-11H2,1H3,(H,22,23). The van der Waals surface area contributed by atoms with E-state index in [0.717, 1.165) is 29.8 Å². The van der Waals surface area contributed by atoms with Gasteiger partial charge < -0.3 is 10.1 Å². The van der Waals surface area contributed by atoms with Crippen LogP contribution < -0.4 is 5.32 Å². The van der Waals surface area contributed by atoms with Crippen LogP contribution in [0.3, 0.4) is 0 Å². The van der Waals surface area contributed by atoms with Gasteiger partial charge in [0.05, 0.1) is 5.69 Å². The van der Waals surface area contributed by atoms with E-state index >= 15 is 0 Å². The smallest absolute Gasteiger partial charge is 0.332 e. The van der Waals surface area contributed by atoms with E-state index < -0.39 is 11.5 Å². The second-order valence-electron chi connectivity index (χ2n) is 6.55. The van der Waals surface area contributed by atoms with Crippen LogP contribution in [0, 0.1) is 5.82 Å². The molecule has 1 aliphatic carbocycles. The number of halogens is 1. The number of ether oxygens (including phenoxy) is 1. The van der Waals surface area contributed by atoms with E-state index in [1.165, 1.54) is 30.4 Å². The number of carbonyl (C=O) groups excluding carboxylic acids is 2. The second-order valence-corrected chi connectivity index (χ2v) is 7.41. The number of amides is 1. The maximum absolute atomic E-state index is 13.0. The third-order valence-corrected chi connectivity index (χ3v) is 5.45. The summed E-state index contributed by atoms with van der Waals surface area (Å²) < 4.78 is 18.5. The molecule has 26 heavy (non-hydrogen) atoms. The second kappa shape index (κ2) is 7.95. The lowest BCUT2D eigenvalue weighted by Gasteiger charge is -2.35. The van der Waals surface area contributed by atoms with Crippen molar-refractivity contribution in [1.29, 1.82) is 0 Å². The van der Waals surface area contributed by atoms with Crippen molar-refractivity contribution in [3.8, 4) is 10.6 Å². The molecule has 1 heterocycles. The molecule has 1 aliphatic rings. The normalized spacial score (nSPS) is 16.1. The zero-order chi connectivity index (χ0) is 18.6. The van der Waals surface area contributed by atoms with Crippen LogP contribution in [-0.2, 0) is 20.9 Å². The number of esters is 1. The molecule has 0 spiro atoms. The molecule has 0 aliphatic heterocycles. The van der Waals surface area contributed by atoms with Gasteiger partial charge in [-0.3, -0.25) is 4.79 Å². The topological polar surface area (TPSA) is 68.3 Å². The van der Waals surface area contributed by atoms with E-state index in [0.29, 0.717) is 18.5 Å². The first-order valence-corrected chi connectivity index (χ1v) is 9.53. The maximum atomic E-state index is 13.0. The van der Waals surface area contributed by atoms with Gasteiger partial charge in [-0.05, 0) is 37.1 Å². The summed E-state index contributed by atoms with van der Waals surface area (Å²) in [5, 5.41) is 5.36. The molecule has 2 aromatic rings. The van der Waals surface area contributed by atoms with Crippen LogP contribution in [0.2, 0.25) is 0 Å². The van der Waals surface area contributed by atoms with Gasteiger partial charge in [-0.25, -0.2) is 14.2 Å². The summed E-state index contributed by atoms with van der Waals surface area (Å²) in [4.78, 5) is 28.6. The third kappa shape index (κ3) is 4.27. The monoisotopic (exact) mass is 376 g/mol. The van der Waals surface area contributed by atoms with E-state index in [-0.39, 0.29) is 18.3 Å². The van der Waals surface area contributed by atoms with Gasteiger partial charge in [0.1, 0.15) is 23.0 Å². The van der Waals surface area contributed by atoms with Gasteiger partial charge in [-0.15, -0.1) is 11.3 Å². The summed E-state index contributed by atoms with van der Waals surface area (Å²) in [7, 11) is 0. The molecule has 0 unspecified atom stereocenters. The Hall–Kier alpha value is -2.28. The Labute approximate surface area is 155 Å². The van der Waals surface area contributed by atoms with Crippen LogP contribution in [0.1, 0.15) is 44.7 Å². The molecule has 0 bridgehead atoms. The summed E-state index contributed by atoms with van der Waals surface area (Å²) in [5.41, 5.74) is 0.535. The predicted octanol–water partition coefficient (Wildman–Crippen LogP) is 3.83. The van der Waals surface area contributed by atoms with E-state index in [1.807, 2.05) is 5.38 Å². The minimum Gasteiger partial charge on any atom is -0.457 e. The van der Waals surface area contributed by atoms with Gasteiger partial charge in [-0.1, -0.05) is 19.3 Å². The average molecular weight is 376 g/mol. The number of hydrogen-bond acceptors (Lipinski definition) is 5. The van der Waals surface area contributed by atoms with Crippen molar-refractivity contribution in [3.05, 3.63) is 41.2 Å². The summed E-state index contributed by atoms with van der Waals surface area (Å²) >= 11 is 1.41. The minimum atomic E-state index is -0.917. The SMILES string of the molecule is CC(=O)NC1(C(=O)OCc2csc(-c3ccc(F)cc3)n2)CCCCC1. The van der Waals surface area contributed by atoms with Crippen LogP contribution in [0.25, 0.3) is 10.6 Å². The van der Waals surface area contributed by atoms with Crippen LogP contribution in [0.5, 0.6) is 0 Å². The summed E-state index contributed by atoms with van der Waals surface area (Å²) in [5.74, 6) is -0.921. The molecule has 1 aromatic carbocycles. The lowest BCUT2D eigenvalue weighted by atomic mass is 9.81. The molecule has 7 heteroatoms. The van der Waals surface area contributed by atoms with Crippen LogP contribution in [-0.4, -0.2) is 22.4 Å². The first kappa shape index (κ1) is 18.5. The number of aromatic nitrogens is 1. The number of carbonyl (C=O) groups is 2. The van der Waals surface area contributed by atoms with Gasteiger partial charge >= 0.3 is 5.97 Å². The van der Waals surface area contributed by atoms with Crippen molar-refractivity contribution in [3.63, 3.8) is 0 Å². The third-order valence-electron chi connectivity index (χ3n) is 4.51. The Balaban J connectivity index is 1.65. The van der Waals surface area contributed by atoms with Crippen molar-refractivity contribution < 1.29 is 18.7 Å². The Bertz CT molecular complexity index is 782. The Kier molecular flexibility index (Phi) is 5.66. The molecule has 0 atom stereocenters. The number of rotatable bonds is 5. The highest BCUT2D eigenvalue weighted by Gasteiger charge is 2.41. The van der Waals surface area contributed by atoms with Crippen molar-refractivity contribution in [2.45, 2.75) is 51.2 Å². The molecular weight excluding hydrogens is 355 g/mol. The van der Waals surface area contributed by atoms with E-state index in [4.69, 9.17) is 4.74 Å².